The fraction of sp³-hybridized carbons (Fsp3) is 0.125. The summed E-state index contributed by atoms with van der Waals surface area (Å²) in [6.45, 7) is -0.133. The molecule has 7 nitrogen and oxygen atoms in total. The van der Waals surface area contributed by atoms with E-state index in [-0.39, 0.29) is 28.2 Å². The van der Waals surface area contributed by atoms with Crippen LogP contribution in [0.25, 0.3) is 10.9 Å². The second-order valence-corrected chi connectivity index (χ2v) is 5.78. The smallest absolute Gasteiger partial charge is 0.354 e. The predicted molar refractivity (Wildman–Crippen MR) is 88.7 cm³/mol. The number of aromatic carboxylic acids is 1. The topological polar surface area (TPSA) is 94.2 Å². The van der Waals surface area contributed by atoms with Crippen molar-refractivity contribution in [3.8, 4) is 0 Å². The summed E-state index contributed by atoms with van der Waals surface area (Å²) in [5.41, 5.74) is -0.906. The summed E-state index contributed by atoms with van der Waals surface area (Å²) in [6.07, 6.45) is 1.17. The number of hydrogen-bond acceptors (Lipinski definition) is 4. The van der Waals surface area contributed by atoms with Crippen LogP contribution in [0.3, 0.4) is 0 Å². The highest BCUT2D eigenvalue weighted by Crippen LogP contribution is 2.16. The zero-order chi connectivity index (χ0) is 18.3. The average molecular weight is 364 g/mol. The summed E-state index contributed by atoms with van der Waals surface area (Å²) in [5.74, 6) is -1.90. The molecule has 0 saturated heterocycles. The number of pyridine rings is 1. The number of carboxylic acid groups (broad SMARTS) is 1. The van der Waals surface area contributed by atoms with Crippen molar-refractivity contribution < 1.29 is 14.3 Å². The Morgan fingerprint density at radius 1 is 1.32 bits per heavy atom. The fourth-order valence-corrected chi connectivity index (χ4v) is 2.68. The molecule has 1 aromatic carbocycles. The van der Waals surface area contributed by atoms with Gasteiger partial charge in [-0.1, -0.05) is 17.7 Å². The molecule has 0 spiro atoms. The molecule has 128 valence electrons. The summed E-state index contributed by atoms with van der Waals surface area (Å²) >= 11 is 5.72. The van der Waals surface area contributed by atoms with Crippen LogP contribution in [0.4, 0.5) is 4.39 Å². The normalized spacial score (nSPS) is 11.0. The Bertz CT molecular complexity index is 1140. The van der Waals surface area contributed by atoms with Gasteiger partial charge < -0.3 is 5.11 Å². The lowest BCUT2D eigenvalue weighted by Gasteiger charge is -2.11. The Morgan fingerprint density at radius 3 is 2.68 bits per heavy atom. The zero-order valence-electron chi connectivity index (χ0n) is 12.9. The number of aromatic nitrogens is 3. The van der Waals surface area contributed by atoms with Crippen LogP contribution >= 0.6 is 11.6 Å². The molecule has 0 fully saturated rings. The van der Waals surface area contributed by atoms with Gasteiger partial charge in [0.25, 0.3) is 5.56 Å². The molecule has 0 amide bonds. The molecule has 3 rings (SSSR count). The fourth-order valence-electron chi connectivity index (χ4n) is 2.48. The second kappa shape index (κ2) is 6.14. The number of fused-ring (bicyclic) bond motifs is 1. The summed E-state index contributed by atoms with van der Waals surface area (Å²) in [7, 11) is 1.44. The molecule has 0 bridgehead atoms. The molecule has 25 heavy (non-hydrogen) atoms. The van der Waals surface area contributed by atoms with E-state index in [1.807, 2.05) is 0 Å². The van der Waals surface area contributed by atoms with Gasteiger partial charge in [-0.3, -0.25) is 13.9 Å². The predicted octanol–water partition coefficient (Wildman–Crippen LogP) is 1.63. The van der Waals surface area contributed by atoms with Gasteiger partial charge in [-0.15, -0.1) is 0 Å². The first-order valence-electron chi connectivity index (χ1n) is 7.06. The summed E-state index contributed by atoms with van der Waals surface area (Å²) < 4.78 is 15.4. The summed E-state index contributed by atoms with van der Waals surface area (Å²) in [4.78, 5) is 39.9. The highest BCUT2D eigenvalue weighted by Gasteiger charge is 2.15. The van der Waals surface area contributed by atoms with Gasteiger partial charge in [0.15, 0.2) is 0 Å². The lowest BCUT2D eigenvalue weighted by atomic mass is 10.2. The van der Waals surface area contributed by atoms with Gasteiger partial charge in [0.1, 0.15) is 11.5 Å². The number of aryl methyl sites for hydroxylation is 1. The zero-order valence-corrected chi connectivity index (χ0v) is 13.6. The minimum absolute atomic E-state index is 0.0442. The molecule has 9 heteroatoms. The number of carboxylic acids is 1. The third-order valence-electron chi connectivity index (χ3n) is 3.78. The lowest BCUT2D eigenvalue weighted by Crippen LogP contribution is -2.39. The van der Waals surface area contributed by atoms with Crippen LogP contribution in [0.1, 0.15) is 16.1 Å². The number of hydrogen-bond donors (Lipinski definition) is 1. The molecular weight excluding hydrogens is 353 g/mol. The van der Waals surface area contributed by atoms with E-state index < -0.39 is 23.0 Å². The summed E-state index contributed by atoms with van der Waals surface area (Å²) in [5, 5.41) is 8.95. The second-order valence-electron chi connectivity index (χ2n) is 5.37. The van der Waals surface area contributed by atoms with E-state index in [9.17, 15) is 18.8 Å². The van der Waals surface area contributed by atoms with Crippen molar-refractivity contribution in [2.24, 2.45) is 7.05 Å². The van der Waals surface area contributed by atoms with E-state index in [0.717, 1.165) is 16.7 Å². The van der Waals surface area contributed by atoms with Crippen molar-refractivity contribution in [2.75, 3.05) is 0 Å². The van der Waals surface area contributed by atoms with Crippen molar-refractivity contribution in [3.63, 3.8) is 0 Å². The molecule has 0 aliphatic rings. The molecule has 0 atom stereocenters. The number of halogens is 2. The molecule has 0 saturated carbocycles. The minimum atomic E-state index is -1.29. The average Bonchev–Trinajstić information content (AvgIpc) is 2.59. The van der Waals surface area contributed by atoms with Crippen LogP contribution in [0.5, 0.6) is 0 Å². The quantitative estimate of drug-likeness (QED) is 0.763. The van der Waals surface area contributed by atoms with Gasteiger partial charge in [0.05, 0.1) is 28.7 Å². The van der Waals surface area contributed by atoms with Crippen molar-refractivity contribution in [1.82, 2.24) is 14.1 Å². The Balaban J connectivity index is 2.24. The van der Waals surface area contributed by atoms with Crippen molar-refractivity contribution in [3.05, 3.63) is 73.4 Å². The van der Waals surface area contributed by atoms with Gasteiger partial charge in [-0.05, 0) is 23.8 Å². The van der Waals surface area contributed by atoms with Crippen LogP contribution in [0.2, 0.25) is 5.02 Å². The Hall–Kier alpha value is -3.00. The largest absolute Gasteiger partial charge is 0.477 e. The van der Waals surface area contributed by atoms with E-state index in [4.69, 9.17) is 16.7 Å². The van der Waals surface area contributed by atoms with Gasteiger partial charge >= 0.3 is 11.7 Å². The van der Waals surface area contributed by atoms with E-state index in [0.29, 0.717) is 5.56 Å². The number of benzene rings is 1. The van der Waals surface area contributed by atoms with Gasteiger partial charge in [0, 0.05) is 7.05 Å². The van der Waals surface area contributed by atoms with Gasteiger partial charge in [0.2, 0.25) is 0 Å². The summed E-state index contributed by atoms with van der Waals surface area (Å²) in [6, 6.07) is 4.99. The van der Waals surface area contributed by atoms with E-state index in [1.165, 1.54) is 29.9 Å². The number of carbonyl (C=O) groups is 1. The highest BCUT2D eigenvalue weighted by molar-refractivity contribution is 6.30. The Kier molecular flexibility index (Phi) is 4.13. The molecule has 1 N–H and O–H groups in total. The third kappa shape index (κ3) is 2.91. The Morgan fingerprint density at radius 2 is 2.04 bits per heavy atom. The van der Waals surface area contributed by atoms with Crippen LogP contribution in [0, 0.1) is 5.82 Å². The van der Waals surface area contributed by atoms with Crippen LogP contribution in [0.15, 0.2) is 40.1 Å². The first-order chi connectivity index (χ1) is 11.8. The van der Waals surface area contributed by atoms with Crippen molar-refractivity contribution >= 4 is 28.5 Å². The first kappa shape index (κ1) is 16.8. The first-order valence-corrected chi connectivity index (χ1v) is 7.44. The minimum Gasteiger partial charge on any atom is -0.477 e. The maximum Gasteiger partial charge on any atom is 0.354 e. The molecule has 2 aromatic heterocycles. The molecule has 0 aliphatic heterocycles. The number of rotatable bonds is 3. The number of nitrogens with zero attached hydrogens (tertiary/aromatic N) is 3. The maximum absolute atomic E-state index is 13.3. The van der Waals surface area contributed by atoms with Crippen molar-refractivity contribution in [1.29, 1.82) is 0 Å². The molecule has 0 aliphatic carbocycles. The van der Waals surface area contributed by atoms with Crippen LogP contribution < -0.4 is 11.2 Å². The van der Waals surface area contributed by atoms with E-state index in [2.05, 4.69) is 4.98 Å². The standard InChI is InChI=1S/C16H11ClFN3O4/c1-20-13-6-19-12(15(23)24)5-9(13)14(22)21(16(20)25)7-8-2-3-11(18)10(17)4-8/h2-6H,7H2,1H3,(H,23,24). The maximum atomic E-state index is 13.3. The molecular formula is C16H11ClFN3O4. The monoisotopic (exact) mass is 363 g/mol. The van der Waals surface area contributed by atoms with Crippen molar-refractivity contribution in [2.45, 2.75) is 6.54 Å². The SMILES string of the molecule is Cn1c(=O)n(Cc2ccc(F)c(Cl)c2)c(=O)c2cc(C(=O)O)ncc21. The molecule has 0 unspecified atom stereocenters. The highest BCUT2D eigenvalue weighted by atomic mass is 35.5. The molecule has 3 aromatic rings. The third-order valence-corrected chi connectivity index (χ3v) is 4.07. The van der Waals surface area contributed by atoms with Gasteiger partial charge in [-0.2, -0.15) is 0 Å². The Labute approximate surface area is 144 Å². The molecule has 2 heterocycles. The van der Waals surface area contributed by atoms with Crippen LogP contribution in [-0.4, -0.2) is 25.2 Å². The van der Waals surface area contributed by atoms with E-state index in [1.54, 1.807) is 0 Å². The van der Waals surface area contributed by atoms with Gasteiger partial charge in [-0.25, -0.2) is 19.0 Å². The van der Waals surface area contributed by atoms with E-state index >= 15 is 0 Å². The van der Waals surface area contributed by atoms with Crippen LogP contribution in [-0.2, 0) is 13.6 Å². The lowest BCUT2D eigenvalue weighted by molar-refractivity contribution is 0.0690. The molecule has 0 radical (unpaired) electrons.